The van der Waals surface area contributed by atoms with Crippen LogP contribution in [0.25, 0.3) is 0 Å². The zero-order valence-electron chi connectivity index (χ0n) is 8.69. The predicted molar refractivity (Wildman–Crippen MR) is 92.7 cm³/mol. The van der Waals surface area contributed by atoms with E-state index < -0.39 is 2.03 Å². The fourth-order valence-electron chi connectivity index (χ4n) is 1.52. The third kappa shape index (κ3) is 2.68. The van der Waals surface area contributed by atoms with Crippen LogP contribution in [0.1, 0.15) is 0 Å². The summed E-state index contributed by atoms with van der Waals surface area (Å²) in [4.78, 5) is 2.22. The van der Waals surface area contributed by atoms with Crippen LogP contribution in [-0.2, 0) is 0 Å². The minimum atomic E-state index is -3.13. The third-order valence-corrected chi connectivity index (χ3v) is 13.8. The fraction of sp³-hybridized carbons (Fsp3) is 0. The number of rotatable bonds is 2. The molecule has 2 rings (SSSR count). The average molecular weight is 506 g/mol. The molecule has 0 aromatic heterocycles. The lowest BCUT2D eigenvalue weighted by atomic mass is 10.4. The minimum Gasteiger partial charge on any atom is -0.0622 e. The second-order valence-electron chi connectivity index (χ2n) is 3.70. The molecule has 0 amide bonds. The van der Waals surface area contributed by atoms with E-state index in [1.54, 1.807) is 0 Å². The molecule has 0 aliphatic carbocycles. The Kier molecular flexibility index (Phi) is 3.41. The fourth-order valence-corrected chi connectivity index (χ4v) is 8.39. The van der Waals surface area contributed by atoms with Gasteiger partial charge in [0.25, 0.3) is 0 Å². The number of hydrogen-bond acceptors (Lipinski definition) is 0. The molecular formula is C12H10Br4S. The quantitative estimate of drug-likeness (QED) is 0.404. The maximum Gasteiger partial charge on any atom is 0.0147 e. The molecule has 0 saturated carbocycles. The van der Waals surface area contributed by atoms with Gasteiger partial charge in [-0.1, -0.05) is 38.4 Å². The summed E-state index contributed by atoms with van der Waals surface area (Å²) in [6.07, 6.45) is 0. The molecule has 0 aliphatic heterocycles. The summed E-state index contributed by atoms with van der Waals surface area (Å²) in [7, 11) is 0. The monoisotopic (exact) mass is 502 g/mol. The van der Waals surface area contributed by atoms with E-state index in [4.69, 9.17) is 0 Å². The first-order valence-electron chi connectivity index (χ1n) is 4.85. The first-order valence-corrected chi connectivity index (χ1v) is 14.7. The molecule has 2 aromatic carbocycles. The van der Waals surface area contributed by atoms with Crippen LogP contribution >= 0.6 is 61.3 Å². The van der Waals surface area contributed by atoms with E-state index in [-0.39, 0.29) is 0 Å². The predicted octanol–water partition coefficient (Wildman–Crippen LogP) is 7.22. The van der Waals surface area contributed by atoms with Crippen LogP contribution in [0.15, 0.2) is 70.5 Å². The van der Waals surface area contributed by atoms with Gasteiger partial charge in [0.05, 0.1) is 0 Å². The summed E-state index contributed by atoms with van der Waals surface area (Å²) >= 11 is 15.5. The van der Waals surface area contributed by atoms with Crippen molar-refractivity contribution in [2.24, 2.45) is 0 Å². The summed E-state index contributed by atoms with van der Waals surface area (Å²) < 4.78 is -3.13. The van der Waals surface area contributed by atoms with Gasteiger partial charge in [-0.25, -0.2) is 0 Å². The summed E-state index contributed by atoms with van der Waals surface area (Å²) in [5.41, 5.74) is 0. The molecule has 0 N–H and O–H groups in total. The third-order valence-electron chi connectivity index (χ3n) is 2.43. The van der Waals surface area contributed by atoms with E-state index >= 15 is 0 Å². The highest BCUT2D eigenvalue weighted by Crippen LogP contribution is 3.17. The van der Waals surface area contributed by atoms with Crippen LogP contribution in [0.3, 0.4) is 0 Å². The smallest absolute Gasteiger partial charge is 0.0147 e. The molecule has 5 heteroatoms. The van der Waals surface area contributed by atoms with Crippen molar-refractivity contribution in [3.8, 4) is 0 Å². The zero-order chi connectivity index (χ0) is 12.6. The van der Waals surface area contributed by atoms with Crippen molar-refractivity contribution in [2.45, 2.75) is 9.79 Å². The molecule has 17 heavy (non-hydrogen) atoms. The molecule has 0 saturated heterocycles. The van der Waals surface area contributed by atoms with E-state index in [2.05, 4.69) is 83.5 Å². The van der Waals surface area contributed by atoms with Gasteiger partial charge in [0.1, 0.15) is 0 Å². The second kappa shape index (κ2) is 4.10. The zero-order valence-corrected chi connectivity index (χ0v) is 15.9. The molecule has 92 valence electrons. The molecule has 0 aliphatic rings. The summed E-state index contributed by atoms with van der Waals surface area (Å²) in [6, 6.07) is 20.4. The molecule has 0 atom stereocenters. The molecule has 0 radical (unpaired) electrons. The highest BCUT2D eigenvalue weighted by atomic mass is 80.0. The number of benzene rings is 2. The topological polar surface area (TPSA) is 0 Å². The Morgan fingerprint density at radius 2 is 0.824 bits per heavy atom. The molecule has 2 aromatic rings. The highest BCUT2D eigenvalue weighted by molar-refractivity contribution is 10.5. The Bertz CT molecular complexity index is 484. The van der Waals surface area contributed by atoms with Crippen molar-refractivity contribution in [1.29, 1.82) is 0 Å². The molecular weight excluding hydrogens is 496 g/mol. The van der Waals surface area contributed by atoms with E-state index in [0.717, 1.165) is 9.79 Å². The average Bonchev–Trinajstić information content (AvgIpc) is 2.30. The van der Waals surface area contributed by atoms with Crippen molar-refractivity contribution in [2.75, 3.05) is 0 Å². The second-order valence-corrected chi connectivity index (χ2v) is 41.8. The normalized spacial score (nSPS) is 16.0. The van der Waals surface area contributed by atoms with Crippen LogP contribution in [0.5, 0.6) is 0 Å². The summed E-state index contributed by atoms with van der Waals surface area (Å²) in [6.45, 7) is 0. The Labute approximate surface area is 130 Å². The Morgan fingerprint density at radius 3 is 1.12 bits per heavy atom. The van der Waals surface area contributed by atoms with Crippen molar-refractivity contribution < 1.29 is 0 Å². The van der Waals surface area contributed by atoms with Crippen LogP contribution < -0.4 is 0 Å². The van der Waals surface area contributed by atoms with Gasteiger partial charge in [-0.15, -0.1) is 0 Å². The molecule has 0 fully saturated rings. The van der Waals surface area contributed by atoms with Gasteiger partial charge in [0.2, 0.25) is 0 Å². The van der Waals surface area contributed by atoms with Crippen LogP contribution in [0.2, 0.25) is 0 Å². The van der Waals surface area contributed by atoms with Crippen molar-refractivity contribution in [3.05, 3.63) is 60.7 Å². The van der Waals surface area contributed by atoms with E-state index in [1.807, 2.05) is 36.4 Å². The summed E-state index contributed by atoms with van der Waals surface area (Å²) in [5, 5.41) is 0. The first kappa shape index (κ1) is 14.1. The lowest BCUT2D eigenvalue weighted by molar-refractivity contribution is 1.39. The van der Waals surface area contributed by atoms with Crippen molar-refractivity contribution in [1.82, 2.24) is 0 Å². The van der Waals surface area contributed by atoms with Gasteiger partial charge < -0.3 is 0 Å². The number of halogens is 4. The summed E-state index contributed by atoms with van der Waals surface area (Å²) in [5.74, 6) is 0. The molecule has 0 heterocycles. The Hall–Kier alpha value is 0.710. The largest absolute Gasteiger partial charge is 0.0622 e. The maximum absolute atomic E-state index is 3.87. The van der Waals surface area contributed by atoms with Gasteiger partial charge in [-0.3, -0.25) is 0 Å². The van der Waals surface area contributed by atoms with Crippen molar-refractivity contribution >= 4 is 61.3 Å². The van der Waals surface area contributed by atoms with Gasteiger partial charge in [-0.05, 0) is 83.5 Å². The standard InChI is InChI=1S/C12H10Br4S/c13-17(14,15,16,11-7-3-1-4-8-11)12-9-5-2-6-10-12/h1-10H. The minimum absolute atomic E-state index is 1.11. The van der Waals surface area contributed by atoms with E-state index in [1.165, 1.54) is 0 Å². The molecule has 0 nitrogen and oxygen atoms in total. The molecule has 0 unspecified atom stereocenters. The van der Waals surface area contributed by atoms with Crippen LogP contribution in [0, 0.1) is 0 Å². The lowest BCUT2D eigenvalue weighted by Crippen LogP contribution is -2.06. The van der Waals surface area contributed by atoms with Gasteiger partial charge in [-0.2, -0.15) is 0 Å². The highest BCUT2D eigenvalue weighted by Gasteiger charge is 2.55. The Morgan fingerprint density at radius 1 is 0.529 bits per heavy atom. The SMILES string of the molecule is BrS(Br)(Br)(Br)(c1ccccc1)c1ccccc1. The van der Waals surface area contributed by atoms with E-state index in [9.17, 15) is 0 Å². The van der Waals surface area contributed by atoms with Gasteiger partial charge in [0.15, 0.2) is 0 Å². The Balaban J connectivity index is 2.76. The van der Waals surface area contributed by atoms with Crippen LogP contribution in [0.4, 0.5) is 0 Å². The molecule has 0 bridgehead atoms. The maximum atomic E-state index is 3.87. The van der Waals surface area contributed by atoms with E-state index in [0.29, 0.717) is 0 Å². The molecule has 0 spiro atoms. The first-order chi connectivity index (χ1) is 7.74. The van der Waals surface area contributed by atoms with Crippen LogP contribution in [-0.4, -0.2) is 0 Å². The van der Waals surface area contributed by atoms with Gasteiger partial charge in [0, 0.05) is 9.79 Å². The lowest BCUT2D eigenvalue weighted by Gasteiger charge is -2.59. The van der Waals surface area contributed by atoms with Gasteiger partial charge >= 0.3 is 0 Å². The number of hydrogen-bond donors (Lipinski definition) is 0. The van der Waals surface area contributed by atoms with Crippen molar-refractivity contribution in [3.63, 3.8) is 0 Å².